The van der Waals surface area contributed by atoms with Gasteiger partial charge in [0.2, 0.25) is 0 Å². The van der Waals surface area contributed by atoms with E-state index in [1.165, 1.54) is 6.33 Å². The molecule has 0 amide bonds. The van der Waals surface area contributed by atoms with E-state index in [-0.39, 0.29) is 5.92 Å². The average Bonchev–Trinajstić information content (AvgIpc) is 2.38. The van der Waals surface area contributed by atoms with Crippen LogP contribution in [-0.4, -0.2) is 17.1 Å². The molecule has 0 saturated carbocycles. The first-order valence-electron chi connectivity index (χ1n) is 6.24. The van der Waals surface area contributed by atoms with Crippen LogP contribution in [0, 0.1) is 0 Å². The molecule has 6 heteroatoms. The van der Waals surface area contributed by atoms with Crippen LogP contribution in [0.1, 0.15) is 25.3 Å². The third-order valence-corrected chi connectivity index (χ3v) is 3.14. The number of nitrogen functional groups attached to an aromatic ring is 1. The molecule has 20 heavy (non-hydrogen) atoms. The lowest BCUT2D eigenvalue weighted by Gasteiger charge is -2.16. The lowest BCUT2D eigenvalue weighted by atomic mass is 10.0. The van der Waals surface area contributed by atoms with Gasteiger partial charge in [-0.3, -0.25) is 0 Å². The maximum atomic E-state index is 6.02. The van der Waals surface area contributed by atoms with E-state index in [4.69, 9.17) is 22.1 Å². The fourth-order valence-corrected chi connectivity index (χ4v) is 2.16. The Labute approximate surface area is 123 Å². The maximum Gasteiger partial charge on any atom is 0.142 e. The predicted molar refractivity (Wildman–Crippen MR) is 81.8 cm³/mol. The van der Waals surface area contributed by atoms with E-state index < -0.39 is 0 Å². The van der Waals surface area contributed by atoms with E-state index in [0.29, 0.717) is 22.4 Å². The number of benzene rings is 1. The van der Waals surface area contributed by atoms with Gasteiger partial charge in [0.05, 0.1) is 12.8 Å². The minimum Gasteiger partial charge on any atom is -0.495 e. The monoisotopic (exact) mass is 292 g/mol. The molecule has 0 atom stereocenters. The first-order valence-corrected chi connectivity index (χ1v) is 6.61. The lowest BCUT2D eigenvalue weighted by molar-refractivity contribution is 0.417. The Morgan fingerprint density at radius 2 is 2.05 bits per heavy atom. The second kappa shape index (κ2) is 5.96. The topological polar surface area (TPSA) is 73.1 Å². The van der Waals surface area contributed by atoms with Crippen molar-refractivity contribution < 1.29 is 4.74 Å². The minimum atomic E-state index is 0.198. The Balaban J connectivity index is 2.45. The highest BCUT2D eigenvalue weighted by atomic mass is 35.5. The summed E-state index contributed by atoms with van der Waals surface area (Å²) < 4.78 is 5.31. The zero-order chi connectivity index (χ0) is 14.7. The molecule has 0 fully saturated rings. The van der Waals surface area contributed by atoms with Gasteiger partial charge in [-0.1, -0.05) is 25.4 Å². The standard InChI is InChI=1S/C14H17ClN4O/c1-8(2)12-13(16)17-7-18-14(12)19-10-6-9(15)4-5-11(10)20-3/h4-8H,1-3H3,(H3,16,17,18,19). The van der Waals surface area contributed by atoms with E-state index in [9.17, 15) is 0 Å². The SMILES string of the molecule is COc1ccc(Cl)cc1Nc1ncnc(N)c1C(C)C. The van der Waals surface area contributed by atoms with Gasteiger partial charge < -0.3 is 15.8 Å². The third-order valence-electron chi connectivity index (χ3n) is 2.91. The van der Waals surface area contributed by atoms with Crippen LogP contribution < -0.4 is 15.8 Å². The van der Waals surface area contributed by atoms with Crippen molar-refractivity contribution >= 4 is 28.9 Å². The number of halogens is 1. The summed E-state index contributed by atoms with van der Waals surface area (Å²) in [7, 11) is 1.60. The van der Waals surface area contributed by atoms with Gasteiger partial charge in [-0.15, -0.1) is 0 Å². The Morgan fingerprint density at radius 1 is 1.30 bits per heavy atom. The molecule has 0 saturated heterocycles. The predicted octanol–water partition coefficient (Wildman–Crippen LogP) is 3.59. The van der Waals surface area contributed by atoms with Crippen LogP contribution >= 0.6 is 11.6 Å². The van der Waals surface area contributed by atoms with Crippen molar-refractivity contribution in [2.75, 3.05) is 18.2 Å². The zero-order valence-corrected chi connectivity index (χ0v) is 12.4. The quantitative estimate of drug-likeness (QED) is 0.901. The van der Waals surface area contributed by atoms with Gasteiger partial charge in [0.15, 0.2) is 0 Å². The summed E-state index contributed by atoms with van der Waals surface area (Å²) in [6.07, 6.45) is 1.43. The molecule has 0 unspecified atom stereocenters. The molecule has 1 aromatic carbocycles. The van der Waals surface area contributed by atoms with Crippen molar-refractivity contribution in [3.8, 4) is 5.75 Å². The van der Waals surface area contributed by atoms with Crippen molar-refractivity contribution in [3.63, 3.8) is 0 Å². The van der Waals surface area contributed by atoms with E-state index >= 15 is 0 Å². The van der Waals surface area contributed by atoms with Crippen molar-refractivity contribution in [1.29, 1.82) is 0 Å². The van der Waals surface area contributed by atoms with Crippen LogP contribution in [0.2, 0.25) is 5.02 Å². The molecule has 1 aromatic heterocycles. The van der Waals surface area contributed by atoms with Crippen LogP contribution in [0.25, 0.3) is 0 Å². The van der Waals surface area contributed by atoms with Crippen LogP contribution in [0.4, 0.5) is 17.3 Å². The van der Waals surface area contributed by atoms with Gasteiger partial charge in [0.1, 0.15) is 23.7 Å². The molecule has 1 heterocycles. The number of aromatic nitrogens is 2. The number of nitrogens with two attached hydrogens (primary N) is 1. The highest BCUT2D eigenvalue weighted by Crippen LogP contribution is 2.33. The maximum absolute atomic E-state index is 6.02. The van der Waals surface area contributed by atoms with E-state index in [1.54, 1.807) is 25.3 Å². The van der Waals surface area contributed by atoms with Crippen molar-refractivity contribution in [2.24, 2.45) is 0 Å². The molecule has 0 bridgehead atoms. The second-order valence-electron chi connectivity index (χ2n) is 4.65. The minimum absolute atomic E-state index is 0.198. The molecule has 2 rings (SSSR count). The Bertz CT molecular complexity index is 616. The number of nitrogens with zero attached hydrogens (tertiary/aromatic N) is 2. The zero-order valence-electron chi connectivity index (χ0n) is 11.6. The van der Waals surface area contributed by atoms with Crippen LogP contribution in [-0.2, 0) is 0 Å². The molecular formula is C14H17ClN4O. The first-order chi connectivity index (χ1) is 9.52. The van der Waals surface area contributed by atoms with Gasteiger partial charge >= 0.3 is 0 Å². The molecule has 0 spiro atoms. The van der Waals surface area contributed by atoms with Gasteiger partial charge in [-0.05, 0) is 24.1 Å². The van der Waals surface area contributed by atoms with E-state index in [1.807, 2.05) is 13.8 Å². The fourth-order valence-electron chi connectivity index (χ4n) is 1.98. The van der Waals surface area contributed by atoms with Gasteiger partial charge in [0.25, 0.3) is 0 Å². The number of ether oxygens (including phenoxy) is 1. The second-order valence-corrected chi connectivity index (χ2v) is 5.08. The number of hydrogen-bond acceptors (Lipinski definition) is 5. The highest BCUT2D eigenvalue weighted by Gasteiger charge is 2.14. The van der Waals surface area contributed by atoms with E-state index in [2.05, 4.69) is 15.3 Å². The van der Waals surface area contributed by atoms with Crippen LogP contribution in [0.15, 0.2) is 24.5 Å². The first kappa shape index (κ1) is 14.4. The van der Waals surface area contributed by atoms with E-state index in [0.717, 1.165) is 11.3 Å². The summed E-state index contributed by atoms with van der Waals surface area (Å²) in [4.78, 5) is 8.29. The summed E-state index contributed by atoms with van der Waals surface area (Å²) in [5.74, 6) is 2.01. The number of rotatable bonds is 4. The highest BCUT2D eigenvalue weighted by molar-refractivity contribution is 6.31. The third kappa shape index (κ3) is 2.93. The molecule has 5 nitrogen and oxygen atoms in total. The summed E-state index contributed by atoms with van der Waals surface area (Å²) in [5, 5.41) is 3.83. The van der Waals surface area contributed by atoms with Gasteiger partial charge in [0, 0.05) is 10.6 Å². The summed E-state index contributed by atoms with van der Waals surface area (Å²) in [6.45, 7) is 4.07. The smallest absolute Gasteiger partial charge is 0.142 e. The fraction of sp³-hybridized carbons (Fsp3) is 0.286. The van der Waals surface area contributed by atoms with Crippen LogP contribution in [0.3, 0.4) is 0 Å². The lowest BCUT2D eigenvalue weighted by Crippen LogP contribution is -2.07. The largest absolute Gasteiger partial charge is 0.495 e. The van der Waals surface area contributed by atoms with Crippen LogP contribution in [0.5, 0.6) is 5.75 Å². The Hall–Kier alpha value is -2.01. The summed E-state index contributed by atoms with van der Waals surface area (Å²) >= 11 is 6.02. The summed E-state index contributed by atoms with van der Waals surface area (Å²) in [6, 6.07) is 5.34. The number of nitrogens with one attached hydrogen (secondary N) is 1. The van der Waals surface area contributed by atoms with Crippen molar-refractivity contribution in [3.05, 3.63) is 35.1 Å². The molecular weight excluding hydrogens is 276 g/mol. The summed E-state index contributed by atoms with van der Waals surface area (Å²) in [5.41, 5.74) is 7.53. The van der Waals surface area contributed by atoms with Crippen molar-refractivity contribution in [1.82, 2.24) is 9.97 Å². The average molecular weight is 293 g/mol. The van der Waals surface area contributed by atoms with Crippen molar-refractivity contribution in [2.45, 2.75) is 19.8 Å². The molecule has 3 N–H and O–H groups in total. The molecule has 0 aliphatic rings. The molecule has 106 valence electrons. The molecule has 0 aliphatic carbocycles. The number of methoxy groups -OCH3 is 1. The van der Waals surface area contributed by atoms with Gasteiger partial charge in [-0.2, -0.15) is 0 Å². The molecule has 0 aliphatic heterocycles. The number of hydrogen-bond donors (Lipinski definition) is 2. The van der Waals surface area contributed by atoms with Gasteiger partial charge in [-0.25, -0.2) is 9.97 Å². The Morgan fingerprint density at radius 3 is 2.70 bits per heavy atom. The number of anilines is 3. The molecule has 2 aromatic rings. The molecule has 0 radical (unpaired) electrons. The normalized spacial score (nSPS) is 10.7. The Kier molecular flexibility index (Phi) is 4.29.